The summed E-state index contributed by atoms with van der Waals surface area (Å²) in [5.41, 5.74) is 5.16. The minimum atomic E-state index is -0.626. The summed E-state index contributed by atoms with van der Waals surface area (Å²) in [6.45, 7) is 0. The van der Waals surface area contributed by atoms with Crippen LogP contribution in [0.5, 0.6) is 0 Å². The summed E-state index contributed by atoms with van der Waals surface area (Å²) in [5.74, 6) is 0.932. The predicted molar refractivity (Wildman–Crippen MR) is 53.7 cm³/mol. The highest BCUT2D eigenvalue weighted by Crippen LogP contribution is 2.31. The molecule has 1 fully saturated rings. The molecule has 0 bridgehead atoms. The van der Waals surface area contributed by atoms with Crippen LogP contribution in [0.15, 0.2) is 12.4 Å². The number of hydrogen-bond acceptors (Lipinski definition) is 3. The first-order valence-electron chi connectivity index (χ1n) is 5.03. The summed E-state index contributed by atoms with van der Waals surface area (Å²) >= 11 is 0. The fourth-order valence-electron chi connectivity index (χ4n) is 2.17. The number of aliphatic hydroxyl groups is 1. The molecule has 1 aromatic heterocycles. The second-order valence-corrected chi connectivity index (χ2v) is 4.36. The molecule has 1 aliphatic rings. The maximum Gasteiger partial charge on any atom is 0.111 e. The number of nitrogens with zero attached hydrogens (tertiary/aromatic N) is 2. The van der Waals surface area contributed by atoms with E-state index in [9.17, 15) is 5.11 Å². The number of nitrogens with two attached hydrogens (primary N) is 1. The van der Waals surface area contributed by atoms with Gasteiger partial charge < -0.3 is 15.4 Å². The van der Waals surface area contributed by atoms with Crippen LogP contribution in [0.3, 0.4) is 0 Å². The van der Waals surface area contributed by atoms with E-state index in [-0.39, 0.29) is 6.04 Å². The molecular formula is C10H17N3O. The third-order valence-electron chi connectivity index (χ3n) is 3.03. The highest BCUT2D eigenvalue weighted by molar-refractivity contribution is 5.02. The molecule has 2 unspecified atom stereocenters. The van der Waals surface area contributed by atoms with Crippen molar-refractivity contribution in [3.63, 3.8) is 0 Å². The highest BCUT2D eigenvalue weighted by Gasteiger charge is 2.36. The summed E-state index contributed by atoms with van der Waals surface area (Å²) in [7, 11) is 1.95. The first-order valence-corrected chi connectivity index (χ1v) is 5.03. The van der Waals surface area contributed by atoms with Gasteiger partial charge in [0.1, 0.15) is 5.82 Å². The first kappa shape index (κ1) is 9.68. The van der Waals surface area contributed by atoms with Gasteiger partial charge in [0.15, 0.2) is 0 Å². The van der Waals surface area contributed by atoms with Gasteiger partial charge in [0, 0.05) is 31.9 Å². The number of imidazole rings is 1. The Balaban J connectivity index is 2.07. The van der Waals surface area contributed by atoms with E-state index >= 15 is 0 Å². The average Bonchev–Trinajstić information content (AvgIpc) is 2.62. The van der Waals surface area contributed by atoms with Crippen LogP contribution in [0, 0.1) is 0 Å². The van der Waals surface area contributed by atoms with Crippen LogP contribution < -0.4 is 5.73 Å². The average molecular weight is 195 g/mol. The Kier molecular flexibility index (Phi) is 2.33. The Morgan fingerprint density at radius 2 is 2.57 bits per heavy atom. The Morgan fingerprint density at radius 3 is 3.07 bits per heavy atom. The van der Waals surface area contributed by atoms with Gasteiger partial charge in [-0.15, -0.1) is 0 Å². The maximum atomic E-state index is 10.2. The van der Waals surface area contributed by atoms with Crippen LogP contribution in [0.25, 0.3) is 0 Å². The lowest BCUT2D eigenvalue weighted by Crippen LogP contribution is -2.31. The molecule has 1 saturated carbocycles. The van der Waals surface area contributed by atoms with Crippen LogP contribution in [0.1, 0.15) is 25.1 Å². The molecule has 78 valence electrons. The second kappa shape index (κ2) is 3.37. The Bertz CT molecular complexity index is 323. The number of hydrogen-bond donors (Lipinski definition) is 2. The first-order chi connectivity index (χ1) is 6.59. The molecule has 2 rings (SSSR count). The molecule has 0 amide bonds. The maximum absolute atomic E-state index is 10.2. The smallest absolute Gasteiger partial charge is 0.111 e. The van der Waals surface area contributed by atoms with Crippen LogP contribution in [-0.2, 0) is 13.5 Å². The summed E-state index contributed by atoms with van der Waals surface area (Å²) in [5, 5.41) is 10.2. The summed E-state index contributed by atoms with van der Waals surface area (Å²) < 4.78 is 1.95. The molecule has 1 aliphatic carbocycles. The quantitative estimate of drug-likeness (QED) is 0.708. The lowest BCUT2D eigenvalue weighted by Gasteiger charge is -2.21. The zero-order valence-corrected chi connectivity index (χ0v) is 8.48. The molecule has 1 heterocycles. The van der Waals surface area contributed by atoms with Crippen LogP contribution in [-0.4, -0.2) is 26.3 Å². The summed E-state index contributed by atoms with van der Waals surface area (Å²) in [6.07, 6.45) is 6.67. The van der Waals surface area contributed by atoms with E-state index in [1.807, 2.05) is 17.8 Å². The second-order valence-electron chi connectivity index (χ2n) is 4.36. The summed E-state index contributed by atoms with van der Waals surface area (Å²) in [6, 6.07) is 0.153. The van der Waals surface area contributed by atoms with E-state index < -0.39 is 5.60 Å². The van der Waals surface area contributed by atoms with Gasteiger partial charge in [0.25, 0.3) is 0 Å². The zero-order valence-electron chi connectivity index (χ0n) is 8.48. The minimum Gasteiger partial charge on any atom is -0.389 e. The summed E-state index contributed by atoms with van der Waals surface area (Å²) in [4.78, 5) is 4.21. The number of aromatic nitrogens is 2. The molecule has 4 heteroatoms. The lowest BCUT2D eigenvalue weighted by molar-refractivity contribution is 0.0442. The largest absolute Gasteiger partial charge is 0.389 e. The van der Waals surface area contributed by atoms with Crippen molar-refractivity contribution in [1.29, 1.82) is 0 Å². The zero-order chi connectivity index (χ0) is 10.2. The van der Waals surface area contributed by atoms with Crippen molar-refractivity contribution in [3.05, 3.63) is 18.2 Å². The molecule has 0 aromatic carbocycles. The number of rotatable bonds is 2. The highest BCUT2D eigenvalue weighted by atomic mass is 16.3. The molecule has 0 aliphatic heterocycles. The van der Waals surface area contributed by atoms with Crippen molar-refractivity contribution in [2.24, 2.45) is 12.8 Å². The molecule has 14 heavy (non-hydrogen) atoms. The third-order valence-corrected chi connectivity index (χ3v) is 3.03. The minimum absolute atomic E-state index is 0.153. The fraction of sp³-hybridized carbons (Fsp3) is 0.700. The third kappa shape index (κ3) is 1.81. The van der Waals surface area contributed by atoms with Gasteiger partial charge in [-0.2, -0.15) is 0 Å². The SMILES string of the molecule is Cn1ccnc1CC1(O)CCC(N)C1. The van der Waals surface area contributed by atoms with E-state index in [0.717, 1.165) is 18.7 Å². The fourth-order valence-corrected chi connectivity index (χ4v) is 2.17. The van der Waals surface area contributed by atoms with Gasteiger partial charge in [0.05, 0.1) is 5.60 Å². The normalized spacial score (nSPS) is 32.4. The van der Waals surface area contributed by atoms with E-state index in [1.165, 1.54) is 0 Å². The van der Waals surface area contributed by atoms with E-state index in [2.05, 4.69) is 4.98 Å². The van der Waals surface area contributed by atoms with Crippen molar-refractivity contribution in [3.8, 4) is 0 Å². The van der Waals surface area contributed by atoms with Crippen LogP contribution >= 0.6 is 0 Å². The standard InChI is InChI=1S/C10H17N3O/c1-13-5-4-12-9(13)7-10(14)3-2-8(11)6-10/h4-5,8,14H,2-3,6-7,11H2,1H3. The van der Waals surface area contributed by atoms with Crippen LogP contribution in [0.2, 0.25) is 0 Å². The lowest BCUT2D eigenvalue weighted by atomic mass is 9.97. The van der Waals surface area contributed by atoms with Gasteiger partial charge in [-0.05, 0) is 19.3 Å². The van der Waals surface area contributed by atoms with Crippen molar-refractivity contribution < 1.29 is 5.11 Å². The Hall–Kier alpha value is -0.870. The molecule has 1 aromatic rings. The topological polar surface area (TPSA) is 64.1 Å². The van der Waals surface area contributed by atoms with Gasteiger partial charge in [-0.1, -0.05) is 0 Å². The van der Waals surface area contributed by atoms with Gasteiger partial charge in [-0.3, -0.25) is 0 Å². The van der Waals surface area contributed by atoms with Gasteiger partial charge >= 0.3 is 0 Å². The van der Waals surface area contributed by atoms with Crippen molar-refractivity contribution in [1.82, 2.24) is 9.55 Å². The molecule has 3 N–H and O–H groups in total. The molecule has 2 atom stereocenters. The Labute approximate surface area is 83.8 Å². The van der Waals surface area contributed by atoms with Crippen molar-refractivity contribution in [2.45, 2.75) is 37.3 Å². The Morgan fingerprint density at radius 1 is 1.79 bits per heavy atom. The molecule has 4 nitrogen and oxygen atoms in total. The van der Waals surface area contributed by atoms with Crippen molar-refractivity contribution >= 4 is 0 Å². The number of aryl methyl sites for hydroxylation is 1. The monoisotopic (exact) mass is 195 g/mol. The molecule has 0 radical (unpaired) electrons. The predicted octanol–water partition coefficient (Wildman–Crippen LogP) is 0.205. The van der Waals surface area contributed by atoms with Crippen molar-refractivity contribution in [2.75, 3.05) is 0 Å². The van der Waals surface area contributed by atoms with Gasteiger partial charge in [0.2, 0.25) is 0 Å². The van der Waals surface area contributed by atoms with Gasteiger partial charge in [-0.25, -0.2) is 4.98 Å². The van der Waals surface area contributed by atoms with E-state index in [4.69, 9.17) is 5.73 Å². The van der Waals surface area contributed by atoms with E-state index in [0.29, 0.717) is 12.8 Å². The van der Waals surface area contributed by atoms with Crippen LogP contribution in [0.4, 0.5) is 0 Å². The molecule has 0 spiro atoms. The molecule has 0 saturated heterocycles. The van der Waals surface area contributed by atoms with E-state index in [1.54, 1.807) is 6.20 Å². The molecular weight excluding hydrogens is 178 g/mol.